The quantitative estimate of drug-likeness (QED) is 0.658. The van der Waals surface area contributed by atoms with Crippen LogP contribution in [0.2, 0.25) is 5.15 Å². The van der Waals surface area contributed by atoms with E-state index in [2.05, 4.69) is 32.9 Å². The smallest absolute Gasteiger partial charge is 0.255 e. The molecule has 0 spiro atoms. The minimum atomic E-state index is -0.198. The van der Waals surface area contributed by atoms with E-state index in [0.29, 0.717) is 10.7 Å². The Labute approximate surface area is 117 Å². The van der Waals surface area contributed by atoms with E-state index in [1.807, 2.05) is 24.3 Å². The predicted molar refractivity (Wildman–Crippen MR) is 76.4 cm³/mol. The van der Waals surface area contributed by atoms with Gasteiger partial charge in [0.2, 0.25) is 0 Å². The van der Waals surface area contributed by atoms with Crippen LogP contribution in [0.1, 0.15) is 10.4 Å². The molecule has 1 amide bonds. The van der Waals surface area contributed by atoms with Gasteiger partial charge in [0.05, 0.1) is 0 Å². The number of pyridine rings is 1. The highest BCUT2D eigenvalue weighted by atomic mass is 127. The monoisotopic (exact) mass is 358 g/mol. The molecular formula is C12H8ClIN2O. The van der Waals surface area contributed by atoms with E-state index in [9.17, 15) is 4.79 Å². The van der Waals surface area contributed by atoms with Crippen molar-refractivity contribution in [1.82, 2.24) is 4.98 Å². The van der Waals surface area contributed by atoms with Gasteiger partial charge in [0.1, 0.15) is 5.15 Å². The molecule has 0 aliphatic rings. The zero-order valence-electron chi connectivity index (χ0n) is 8.65. The summed E-state index contributed by atoms with van der Waals surface area (Å²) in [7, 11) is 0. The van der Waals surface area contributed by atoms with Crippen LogP contribution in [0, 0.1) is 3.57 Å². The standard InChI is InChI=1S/C12H8ClIN2O/c13-11-6-8(4-5-15-11)12(17)16-10-3-1-2-9(14)7-10/h1-7H,(H,16,17). The zero-order chi connectivity index (χ0) is 12.3. The molecule has 0 saturated carbocycles. The number of carbonyl (C=O) groups is 1. The van der Waals surface area contributed by atoms with Crippen molar-refractivity contribution in [2.45, 2.75) is 0 Å². The van der Waals surface area contributed by atoms with Crippen LogP contribution in [0.3, 0.4) is 0 Å². The fourth-order valence-corrected chi connectivity index (χ4v) is 2.03. The number of nitrogens with one attached hydrogen (secondary N) is 1. The first kappa shape index (κ1) is 12.3. The molecule has 1 heterocycles. The first-order valence-electron chi connectivity index (χ1n) is 4.83. The minimum absolute atomic E-state index is 0.198. The van der Waals surface area contributed by atoms with E-state index in [1.54, 1.807) is 6.07 Å². The summed E-state index contributed by atoms with van der Waals surface area (Å²) in [6.07, 6.45) is 1.51. The van der Waals surface area contributed by atoms with Crippen LogP contribution in [0.4, 0.5) is 5.69 Å². The summed E-state index contributed by atoms with van der Waals surface area (Å²) >= 11 is 7.91. The summed E-state index contributed by atoms with van der Waals surface area (Å²) in [5.41, 5.74) is 1.25. The Kier molecular flexibility index (Phi) is 3.96. The normalized spacial score (nSPS) is 10.0. The first-order valence-corrected chi connectivity index (χ1v) is 6.29. The summed E-state index contributed by atoms with van der Waals surface area (Å²) in [5, 5.41) is 3.10. The van der Waals surface area contributed by atoms with Gasteiger partial charge in [0.15, 0.2) is 0 Å². The predicted octanol–water partition coefficient (Wildman–Crippen LogP) is 3.59. The second kappa shape index (κ2) is 5.46. The molecule has 1 aromatic heterocycles. The summed E-state index contributed by atoms with van der Waals surface area (Å²) in [5.74, 6) is -0.198. The maximum atomic E-state index is 11.9. The van der Waals surface area contributed by atoms with Gasteiger partial charge in [-0.1, -0.05) is 17.7 Å². The van der Waals surface area contributed by atoms with Crippen LogP contribution >= 0.6 is 34.2 Å². The van der Waals surface area contributed by atoms with Gasteiger partial charge in [-0.15, -0.1) is 0 Å². The lowest BCUT2D eigenvalue weighted by Gasteiger charge is -2.05. The van der Waals surface area contributed by atoms with E-state index >= 15 is 0 Å². The number of amides is 1. The van der Waals surface area contributed by atoms with Gasteiger partial charge >= 0.3 is 0 Å². The highest BCUT2D eigenvalue weighted by Gasteiger charge is 2.06. The fraction of sp³-hybridized carbons (Fsp3) is 0. The van der Waals surface area contributed by atoms with Gasteiger partial charge in [-0.25, -0.2) is 4.98 Å². The van der Waals surface area contributed by atoms with Crippen molar-refractivity contribution in [3.8, 4) is 0 Å². The van der Waals surface area contributed by atoms with Crippen molar-refractivity contribution >= 4 is 45.8 Å². The molecule has 0 radical (unpaired) electrons. The summed E-state index contributed by atoms with van der Waals surface area (Å²) < 4.78 is 1.06. The molecule has 0 aliphatic carbocycles. The molecule has 5 heteroatoms. The third-order valence-corrected chi connectivity index (χ3v) is 2.95. The highest BCUT2D eigenvalue weighted by molar-refractivity contribution is 14.1. The Morgan fingerprint density at radius 2 is 2.12 bits per heavy atom. The van der Waals surface area contributed by atoms with Crippen molar-refractivity contribution in [2.75, 3.05) is 5.32 Å². The second-order valence-corrected chi connectivity index (χ2v) is 4.96. The summed E-state index contributed by atoms with van der Waals surface area (Å²) in [4.78, 5) is 15.7. The van der Waals surface area contributed by atoms with Crippen molar-refractivity contribution in [3.05, 3.63) is 56.9 Å². The van der Waals surface area contributed by atoms with Gasteiger partial charge in [0.25, 0.3) is 5.91 Å². The average Bonchev–Trinajstić information content (AvgIpc) is 2.29. The number of nitrogens with zero attached hydrogens (tertiary/aromatic N) is 1. The summed E-state index contributed by atoms with van der Waals surface area (Å²) in [6, 6.07) is 10.7. The largest absolute Gasteiger partial charge is 0.322 e. The lowest BCUT2D eigenvalue weighted by Crippen LogP contribution is -2.11. The van der Waals surface area contributed by atoms with Crippen LogP contribution in [-0.2, 0) is 0 Å². The number of rotatable bonds is 2. The SMILES string of the molecule is O=C(Nc1cccc(I)c1)c1ccnc(Cl)c1. The first-order chi connectivity index (χ1) is 8.15. The van der Waals surface area contributed by atoms with Crippen LogP contribution in [0.25, 0.3) is 0 Å². The van der Waals surface area contributed by atoms with E-state index in [-0.39, 0.29) is 5.91 Å². The van der Waals surface area contributed by atoms with Crippen LogP contribution in [0.15, 0.2) is 42.6 Å². The number of halogens is 2. The van der Waals surface area contributed by atoms with Crippen LogP contribution in [-0.4, -0.2) is 10.9 Å². The topological polar surface area (TPSA) is 42.0 Å². The van der Waals surface area contributed by atoms with E-state index in [1.165, 1.54) is 12.3 Å². The molecule has 2 aromatic rings. The number of hydrogen-bond acceptors (Lipinski definition) is 2. The lowest BCUT2D eigenvalue weighted by atomic mass is 10.2. The zero-order valence-corrected chi connectivity index (χ0v) is 11.6. The number of aromatic nitrogens is 1. The van der Waals surface area contributed by atoms with Gasteiger partial charge in [-0.05, 0) is 52.9 Å². The molecule has 17 heavy (non-hydrogen) atoms. The van der Waals surface area contributed by atoms with Crippen LogP contribution in [0.5, 0.6) is 0 Å². The highest BCUT2D eigenvalue weighted by Crippen LogP contribution is 2.14. The molecule has 0 saturated heterocycles. The number of hydrogen-bond donors (Lipinski definition) is 1. The van der Waals surface area contributed by atoms with E-state index in [0.717, 1.165) is 9.26 Å². The molecule has 3 nitrogen and oxygen atoms in total. The number of benzene rings is 1. The molecule has 1 aromatic carbocycles. The molecule has 0 aliphatic heterocycles. The molecule has 0 atom stereocenters. The molecule has 2 rings (SSSR count). The Bertz CT molecular complexity index is 560. The third-order valence-electron chi connectivity index (χ3n) is 2.07. The molecule has 0 fully saturated rings. The summed E-state index contributed by atoms with van der Waals surface area (Å²) in [6.45, 7) is 0. The Morgan fingerprint density at radius 1 is 1.29 bits per heavy atom. The molecule has 86 valence electrons. The Morgan fingerprint density at radius 3 is 2.82 bits per heavy atom. The Balaban J connectivity index is 2.17. The van der Waals surface area contributed by atoms with Crippen molar-refractivity contribution in [1.29, 1.82) is 0 Å². The third kappa shape index (κ3) is 3.41. The average molecular weight is 359 g/mol. The van der Waals surface area contributed by atoms with Crippen molar-refractivity contribution < 1.29 is 4.79 Å². The van der Waals surface area contributed by atoms with Gasteiger partial charge in [0, 0.05) is 21.0 Å². The Hall–Kier alpha value is -1.14. The number of carbonyl (C=O) groups excluding carboxylic acids is 1. The maximum Gasteiger partial charge on any atom is 0.255 e. The molecule has 0 unspecified atom stereocenters. The van der Waals surface area contributed by atoms with Gasteiger partial charge in [-0.2, -0.15) is 0 Å². The van der Waals surface area contributed by atoms with Gasteiger partial charge < -0.3 is 5.32 Å². The number of anilines is 1. The van der Waals surface area contributed by atoms with Crippen molar-refractivity contribution in [2.24, 2.45) is 0 Å². The molecular weight excluding hydrogens is 351 g/mol. The molecule has 1 N–H and O–H groups in total. The lowest BCUT2D eigenvalue weighted by molar-refractivity contribution is 0.102. The molecule has 0 bridgehead atoms. The minimum Gasteiger partial charge on any atom is -0.322 e. The van der Waals surface area contributed by atoms with Crippen molar-refractivity contribution in [3.63, 3.8) is 0 Å². The van der Waals surface area contributed by atoms with E-state index < -0.39 is 0 Å². The maximum absolute atomic E-state index is 11.9. The van der Waals surface area contributed by atoms with Gasteiger partial charge in [-0.3, -0.25) is 4.79 Å². The second-order valence-electron chi connectivity index (χ2n) is 3.33. The van der Waals surface area contributed by atoms with E-state index in [4.69, 9.17) is 11.6 Å². The van der Waals surface area contributed by atoms with Crippen LogP contribution < -0.4 is 5.32 Å². The fourth-order valence-electron chi connectivity index (χ4n) is 1.31.